The van der Waals surface area contributed by atoms with Gasteiger partial charge in [0.1, 0.15) is 18.1 Å². The number of carbonyl (C=O) groups is 4. The van der Waals surface area contributed by atoms with Crippen LogP contribution in [0.4, 0.5) is 0 Å². The summed E-state index contributed by atoms with van der Waals surface area (Å²) >= 11 is 1.48. The van der Waals surface area contributed by atoms with Crippen molar-refractivity contribution < 1.29 is 24.3 Å². The predicted molar refractivity (Wildman–Crippen MR) is 120 cm³/mol. The monoisotopic (exact) mass is 461 g/mol. The smallest absolute Gasteiger partial charge is 0.326 e. The molecule has 0 saturated heterocycles. The minimum Gasteiger partial charge on any atom is -0.480 e. The molecule has 0 heterocycles. The number of nitrogens with zero attached hydrogens (tertiary/aromatic N) is 1. The second-order valence-corrected chi connectivity index (χ2v) is 8.17. The van der Waals surface area contributed by atoms with Gasteiger partial charge in [0.15, 0.2) is 5.96 Å². The van der Waals surface area contributed by atoms with E-state index in [1.807, 2.05) is 6.26 Å². The molecule has 0 aromatic carbocycles. The quantitative estimate of drug-likeness (QED) is 0.0810. The number of thioether (sulfide) groups is 1. The summed E-state index contributed by atoms with van der Waals surface area (Å²) in [4.78, 5) is 52.4. The molecule has 0 aromatic heterocycles. The Morgan fingerprint density at radius 3 is 2.06 bits per heavy atom. The van der Waals surface area contributed by atoms with Gasteiger partial charge in [0.05, 0.1) is 6.54 Å². The van der Waals surface area contributed by atoms with Crippen molar-refractivity contribution in [3.05, 3.63) is 0 Å². The number of carboxylic acids is 1. The molecule has 13 heteroatoms. The standard InChI is InChI=1S/C18H35N7O5S/c1-10(2)14(17(29)30)25-16(28)12(6-8-31-3)24-15(27)11(23-13(26)9-19)5-4-7-22-18(20)21/h10-12,14H,4-9,19H2,1-3H3,(H,23,26)(H,24,27)(H,25,28)(H,29,30)(H4,20,21,22). The Morgan fingerprint density at radius 1 is 1.00 bits per heavy atom. The van der Waals surface area contributed by atoms with Crippen molar-refractivity contribution in [3.8, 4) is 0 Å². The first-order chi connectivity index (χ1) is 14.5. The van der Waals surface area contributed by atoms with E-state index in [1.165, 1.54) is 11.8 Å². The van der Waals surface area contributed by atoms with Gasteiger partial charge in [-0.25, -0.2) is 4.79 Å². The fourth-order valence-corrected chi connectivity index (χ4v) is 3.04. The molecule has 12 nitrogen and oxygen atoms in total. The summed E-state index contributed by atoms with van der Waals surface area (Å²) in [5.74, 6) is -2.74. The Morgan fingerprint density at radius 2 is 1.58 bits per heavy atom. The van der Waals surface area contributed by atoms with E-state index in [0.717, 1.165) is 0 Å². The maximum absolute atomic E-state index is 12.8. The van der Waals surface area contributed by atoms with Crippen LogP contribution >= 0.6 is 11.8 Å². The first-order valence-corrected chi connectivity index (χ1v) is 11.3. The van der Waals surface area contributed by atoms with Crippen molar-refractivity contribution in [2.75, 3.05) is 25.1 Å². The molecular formula is C18H35N7O5S. The zero-order valence-electron chi connectivity index (χ0n) is 18.2. The van der Waals surface area contributed by atoms with Gasteiger partial charge in [-0.3, -0.25) is 19.4 Å². The van der Waals surface area contributed by atoms with Gasteiger partial charge < -0.3 is 38.3 Å². The molecule has 3 atom stereocenters. The van der Waals surface area contributed by atoms with E-state index in [9.17, 15) is 24.3 Å². The maximum Gasteiger partial charge on any atom is 0.326 e. The van der Waals surface area contributed by atoms with Gasteiger partial charge in [-0.2, -0.15) is 11.8 Å². The number of carbonyl (C=O) groups excluding carboxylic acids is 3. The number of guanidine groups is 1. The Kier molecular flexibility index (Phi) is 14.0. The summed E-state index contributed by atoms with van der Waals surface area (Å²) < 4.78 is 0. The first kappa shape index (κ1) is 28.5. The van der Waals surface area contributed by atoms with Gasteiger partial charge in [-0.15, -0.1) is 0 Å². The molecule has 0 aliphatic rings. The predicted octanol–water partition coefficient (Wildman–Crippen LogP) is -2.05. The maximum atomic E-state index is 12.8. The van der Waals surface area contributed by atoms with Crippen LogP contribution in [0, 0.1) is 5.92 Å². The Balaban J connectivity index is 5.31. The number of hydrogen-bond acceptors (Lipinski definition) is 7. The second-order valence-electron chi connectivity index (χ2n) is 7.18. The Hall–Kier alpha value is -2.54. The molecule has 10 N–H and O–H groups in total. The van der Waals surface area contributed by atoms with Crippen LogP contribution in [-0.2, 0) is 19.2 Å². The van der Waals surface area contributed by atoms with Gasteiger partial charge >= 0.3 is 5.97 Å². The fourth-order valence-electron chi connectivity index (χ4n) is 2.57. The number of carboxylic acid groups (broad SMARTS) is 1. The van der Waals surface area contributed by atoms with Gasteiger partial charge in [-0.05, 0) is 37.2 Å². The minimum atomic E-state index is -1.16. The molecule has 0 bridgehead atoms. The molecule has 3 amide bonds. The van der Waals surface area contributed by atoms with Crippen LogP contribution in [0.2, 0.25) is 0 Å². The molecule has 0 aliphatic heterocycles. The van der Waals surface area contributed by atoms with E-state index in [0.29, 0.717) is 12.2 Å². The summed E-state index contributed by atoms with van der Waals surface area (Å²) in [6.45, 7) is 3.30. The fraction of sp³-hybridized carbons (Fsp3) is 0.722. The third-order valence-corrected chi connectivity index (χ3v) is 4.90. The van der Waals surface area contributed by atoms with Gasteiger partial charge in [0.2, 0.25) is 17.7 Å². The number of nitrogens with one attached hydrogen (secondary N) is 3. The van der Waals surface area contributed by atoms with Crippen LogP contribution in [0.15, 0.2) is 4.99 Å². The summed E-state index contributed by atoms with van der Waals surface area (Å²) in [6, 6.07) is -3.00. The third kappa shape index (κ3) is 12.0. The highest BCUT2D eigenvalue weighted by Gasteiger charge is 2.30. The van der Waals surface area contributed by atoms with Gasteiger partial charge in [-0.1, -0.05) is 13.8 Å². The number of aliphatic carboxylic acids is 1. The lowest BCUT2D eigenvalue weighted by molar-refractivity contribution is -0.143. The molecule has 3 unspecified atom stereocenters. The minimum absolute atomic E-state index is 0.0843. The van der Waals surface area contributed by atoms with Gasteiger partial charge in [0, 0.05) is 6.54 Å². The number of nitrogens with two attached hydrogens (primary N) is 3. The molecular weight excluding hydrogens is 426 g/mol. The zero-order chi connectivity index (χ0) is 24.0. The number of hydrogen-bond donors (Lipinski definition) is 7. The molecule has 178 valence electrons. The van der Waals surface area contributed by atoms with E-state index in [2.05, 4.69) is 20.9 Å². The lowest BCUT2D eigenvalue weighted by atomic mass is 10.0. The van der Waals surface area contributed by atoms with Crippen molar-refractivity contribution in [3.63, 3.8) is 0 Å². The van der Waals surface area contributed by atoms with Crippen LogP contribution in [0.5, 0.6) is 0 Å². The molecule has 0 radical (unpaired) electrons. The van der Waals surface area contributed by atoms with E-state index in [1.54, 1.807) is 13.8 Å². The van der Waals surface area contributed by atoms with Crippen LogP contribution in [0.25, 0.3) is 0 Å². The van der Waals surface area contributed by atoms with E-state index < -0.39 is 41.8 Å². The van der Waals surface area contributed by atoms with E-state index >= 15 is 0 Å². The van der Waals surface area contributed by atoms with Crippen LogP contribution in [0.3, 0.4) is 0 Å². The average Bonchev–Trinajstić information content (AvgIpc) is 2.69. The highest BCUT2D eigenvalue weighted by molar-refractivity contribution is 7.98. The topological polar surface area (TPSA) is 215 Å². The molecule has 0 spiro atoms. The Labute approximate surface area is 186 Å². The van der Waals surface area contributed by atoms with Crippen LogP contribution in [-0.4, -0.2) is 78.0 Å². The largest absolute Gasteiger partial charge is 0.480 e. The van der Waals surface area contributed by atoms with Crippen LogP contribution in [0.1, 0.15) is 33.1 Å². The molecule has 0 saturated carbocycles. The summed E-state index contributed by atoms with van der Waals surface area (Å²) in [7, 11) is 0. The number of aliphatic imine (C=N–C) groups is 1. The highest BCUT2D eigenvalue weighted by atomic mass is 32.2. The molecule has 31 heavy (non-hydrogen) atoms. The second kappa shape index (κ2) is 15.3. The number of rotatable bonds is 15. The SMILES string of the molecule is CSCCC(NC(=O)C(CCCN=C(N)N)NC(=O)CN)C(=O)NC(C(=O)O)C(C)C. The summed E-state index contributed by atoms with van der Waals surface area (Å²) in [5, 5.41) is 16.9. The van der Waals surface area contributed by atoms with Gasteiger partial charge in [0.25, 0.3) is 0 Å². The normalized spacial score (nSPS) is 13.6. The average molecular weight is 462 g/mol. The lowest BCUT2D eigenvalue weighted by Gasteiger charge is -2.25. The molecule has 0 fully saturated rings. The van der Waals surface area contributed by atoms with E-state index in [-0.39, 0.29) is 37.8 Å². The van der Waals surface area contributed by atoms with Crippen molar-refractivity contribution in [1.82, 2.24) is 16.0 Å². The van der Waals surface area contributed by atoms with E-state index in [4.69, 9.17) is 17.2 Å². The van der Waals surface area contributed by atoms with Crippen molar-refractivity contribution in [2.45, 2.75) is 51.2 Å². The molecule has 0 aliphatic carbocycles. The van der Waals surface area contributed by atoms with Crippen LogP contribution < -0.4 is 33.2 Å². The summed E-state index contributed by atoms with van der Waals surface area (Å²) in [5.41, 5.74) is 15.9. The highest BCUT2D eigenvalue weighted by Crippen LogP contribution is 2.07. The van der Waals surface area contributed by atoms with Crippen molar-refractivity contribution in [2.24, 2.45) is 28.1 Å². The van der Waals surface area contributed by atoms with Crippen molar-refractivity contribution in [1.29, 1.82) is 0 Å². The Bertz CT molecular complexity index is 641. The zero-order valence-corrected chi connectivity index (χ0v) is 19.0. The third-order valence-electron chi connectivity index (χ3n) is 4.26. The lowest BCUT2D eigenvalue weighted by Crippen LogP contribution is -2.57. The summed E-state index contributed by atoms with van der Waals surface area (Å²) in [6.07, 6.45) is 2.75. The van der Waals surface area contributed by atoms with Crippen molar-refractivity contribution >= 4 is 41.4 Å². The first-order valence-electron chi connectivity index (χ1n) is 9.90. The molecule has 0 aromatic rings. The molecule has 0 rings (SSSR count). The number of amides is 3.